The highest BCUT2D eigenvalue weighted by Crippen LogP contribution is 2.24. The molecule has 2 aromatic carbocycles. The molecule has 1 N–H and O–H groups in total. The van der Waals surface area contributed by atoms with Gasteiger partial charge in [0.15, 0.2) is 4.90 Å². The van der Waals surface area contributed by atoms with Gasteiger partial charge in [-0.15, -0.1) is 0 Å². The van der Waals surface area contributed by atoms with Gasteiger partial charge in [0.1, 0.15) is 0 Å². The molecule has 144 valence electrons. The first-order valence-electron chi connectivity index (χ1n) is 8.96. The second-order valence-electron chi connectivity index (χ2n) is 6.63. The van der Waals surface area contributed by atoms with Crippen molar-refractivity contribution in [2.24, 2.45) is 0 Å². The van der Waals surface area contributed by atoms with Gasteiger partial charge in [0.05, 0.1) is 4.92 Å². The van der Waals surface area contributed by atoms with Gasteiger partial charge in [-0.2, -0.15) is 0 Å². The summed E-state index contributed by atoms with van der Waals surface area (Å²) in [5.74, 6) is 0. The summed E-state index contributed by atoms with van der Waals surface area (Å²) in [4.78, 5) is 12.4. The van der Waals surface area contributed by atoms with Gasteiger partial charge in [0, 0.05) is 31.7 Å². The van der Waals surface area contributed by atoms with Crippen LogP contribution in [0.1, 0.15) is 24.5 Å². The van der Waals surface area contributed by atoms with Gasteiger partial charge in [-0.25, -0.2) is 13.1 Å². The van der Waals surface area contributed by atoms with Crippen LogP contribution in [-0.4, -0.2) is 37.4 Å². The van der Waals surface area contributed by atoms with E-state index in [4.69, 9.17) is 0 Å². The fourth-order valence-corrected chi connectivity index (χ4v) is 4.72. The van der Waals surface area contributed by atoms with Crippen LogP contribution in [0.25, 0.3) is 0 Å². The molecule has 7 nitrogen and oxygen atoms in total. The van der Waals surface area contributed by atoms with Crippen LogP contribution in [0.3, 0.4) is 0 Å². The number of hydrogen-bond acceptors (Lipinski definition) is 5. The number of hydrogen-bond donors (Lipinski definition) is 1. The van der Waals surface area contributed by atoms with E-state index in [0.717, 1.165) is 25.9 Å². The first-order valence-corrected chi connectivity index (χ1v) is 10.4. The second-order valence-corrected chi connectivity index (χ2v) is 8.36. The van der Waals surface area contributed by atoms with Crippen LogP contribution >= 0.6 is 0 Å². The van der Waals surface area contributed by atoms with E-state index in [-0.39, 0.29) is 17.5 Å². The zero-order valence-corrected chi connectivity index (χ0v) is 16.0. The summed E-state index contributed by atoms with van der Waals surface area (Å²) in [5, 5.41) is 11.1. The van der Waals surface area contributed by atoms with Crippen molar-refractivity contribution < 1.29 is 13.3 Å². The lowest BCUT2D eigenvalue weighted by Gasteiger charge is -2.35. The summed E-state index contributed by atoms with van der Waals surface area (Å²) >= 11 is 0. The molecule has 0 fully saturated rings. The molecule has 1 aliphatic heterocycles. The Balaban J connectivity index is 1.72. The monoisotopic (exact) mass is 389 g/mol. The number of nitrogens with zero attached hydrogens (tertiary/aromatic N) is 2. The molecule has 0 unspecified atom stereocenters. The Hall–Kier alpha value is -2.29. The van der Waals surface area contributed by atoms with Crippen molar-refractivity contribution in [3.05, 3.63) is 69.8 Å². The third-order valence-electron chi connectivity index (χ3n) is 5.01. The van der Waals surface area contributed by atoms with Crippen molar-refractivity contribution >= 4 is 15.7 Å². The highest BCUT2D eigenvalue weighted by molar-refractivity contribution is 7.89. The van der Waals surface area contributed by atoms with Crippen molar-refractivity contribution in [2.75, 3.05) is 13.1 Å². The molecule has 1 atom stereocenters. The number of nitro groups is 1. The van der Waals surface area contributed by atoms with E-state index in [1.54, 1.807) is 0 Å². The summed E-state index contributed by atoms with van der Waals surface area (Å²) in [6.07, 6.45) is 1.71. The van der Waals surface area contributed by atoms with Crippen molar-refractivity contribution in [3.8, 4) is 0 Å². The Kier molecular flexibility index (Phi) is 5.88. The molecule has 0 aromatic heterocycles. The Bertz CT molecular complexity index is 930. The molecule has 0 saturated heterocycles. The highest BCUT2D eigenvalue weighted by Gasteiger charge is 2.28. The van der Waals surface area contributed by atoms with Crippen LogP contribution in [0, 0.1) is 10.1 Å². The first-order chi connectivity index (χ1) is 12.9. The van der Waals surface area contributed by atoms with Crippen molar-refractivity contribution in [3.63, 3.8) is 0 Å². The number of sulfonamides is 1. The lowest BCUT2D eigenvalue weighted by atomic mass is 9.98. The number of para-hydroxylation sites is 1. The fraction of sp³-hybridized carbons (Fsp3) is 0.368. The Morgan fingerprint density at radius 2 is 1.81 bits per heavy atom. The molecule has 0 saturated carbocycles. The first kappa shape index (κ1) is 19.5. The van der Waals surface area contributed by atoms with Gasteiger partial charge in [-0.05, 0) is 30.0 Å². The molecular weight excluding hydrogens is 366 g/mol. The summed E-state index contributed by atoms with van der Waals surface area (Å²) < 4.78 is 27.8. The largest absolute Gasteiger partial charge is 0.295 e. The second kappa shape index (κ2) is 8.16. The van der Waals surface area contributed by atoms with Crippen molar-refractivity contribution in [1.29, 1.82) is 0 Å². The molecule has 0 aliphatic carbocycles. The van der Waals surface area contributed by atoms with Gasteiger partial charge in [-0.3, -0.25) is 15.0 Å². The van der Waals surface area contributed by atoms with Crippen molar-refractivity contribution in [1.82, 2.24) is 9.62 Å². The molecule has 8 heteroatoms. The molecular formula is C19H23N3O4S. The zero-order chi connectivity index (χ0) is 19.4. The number of rotatable bonds is 7. The molecule has 1 aliphatic rings. The number of nitrogens with one attached hydrogen (secondary N) is 1. The Morgan fingerprint density at radius 1 is 1.15 bits per heavy atom. The van der Waals surface area contributed by atoms with E-state index in [9.17, 15) is 18.5 Å². The normalized spacial score (nSPS) is 15.9. The minimum Gasteiger partial charge on any atom is -0.295 e. The SMILES string of the molecule is CC[C@@H](CNS(=O)(=O)c1ccccc1[N+](=O)[O-])N1CCc2ccccc2C1. The molecule has 3 rings (SSSR count). The molecule has 0 radical (unpaired) electrons. The molecule has 2 aromatic rings. The zero-order valence-electron chi connectivity index (χ0n) is 15.2. The van der Waals surface area contributed by atoms with Crippen molar-refractivity contribution in [2.45, 2.75) is 37.2 Å². The van der Waals surface area contributed by atoms with E-state index in [2.05, 4.69) is 21.8 Å². The maximum atomic E-state index is 12.6. The smallest absolute Gasteiger partial charge is 0.289 e. The van der Waals surface area contributed by atoms with Gasteiger partial charge in [-0.1, -0.05) is 43.3 Å². The van der Waals surface area contributed by atoms with E-state index in [0.29, 0.717) is 0 Å². The van der Waals surface area contributed by atoms with Crippen LogP contribution in [-0.2, 0) is 23.0 Å². The van der Waals surface area contributed by atoms with Gasteiger partial charge in [0.2, 0.25) is 10.0 Å². The fourth-order valence-electron chi connectivity index (χ4n) is 3.48. The number of nitro benzene ring substituents is 1. The van der Waals surface area contributed by atoms with Crippen LogP contribution in [0.2, 0.25) is 0 Å². The predicted molar refractivity (Wildman–Crippen MR) is 103 cm³/mol. The molecule has 0 bridgehead atoms. The summed E-state index contributed by atoms with van der Waals surface area (Å²) in [6.45, 7) is 3.88. The topological polar surface area (TPSA) is 92.5 Å². The Labute approximate surface area is 159 Å². The van der Waals surface area contributed by atoms with E-state index >= 15 is 0 Å². The summed E-state index contributed by atoms with van der Waals surface area (Å²) in [7, 11) is -3.96. The highest BCUT2D eigenvalue weighted by atomic mass is 32.2. The Morgan fingerprint density at radius 3 is 2.52 bits per heavy atom. The summed E-state index contributed by atoms with van der Waals surface area (Å²) in [5.41, 5.74) is 2.19. The maximum Gasteiger partial charge on any atom is 0.289 e. The molecule has 27 heavy (non-hydrogen) atoms. The van der Waals surface area contributed by atoms with E-state index < -0.39 is 20.6 Å². The van der Waals surface area contributed by atoms with Crippen LogP contribution in [0.5, 0.6) is 0 Å². The van der Waals surface area contributed by atoms with E-state index in [1.807, 2.05) is 19.1 Å². The standard InChI is InChI=1S/C19H23N3O4S/c1-2-17(21-12-11-15-7-3-4-8-16(15)14-21)13-20-27(25,26)19-10-6-5-9-18(19)22(23)24/h3-10,17,20H,2,11-14H2,1H3/t17-/m0/s1. The molecule has 0 spiro atoms. The molecule has 1 heterocycles. The number of fused-ring (bicyclic) bond motifs is 1. The minimum atomic E-state index is -3.96. The van der Waals surface area contributed by atoms with Crippen LogP contribution in [0.4, 0.5) is 5.69 Å². The maximum absolute atomic E-state index is 12.6. The minimum absolute atomic E-state index is 0.0240. The van der Waals surface area contributed by atoms with Gasteiger partial charge in [0.25, 0.3) is 5.69 Å². The lowest BCUT2D eigenvalue weighted by Crippen LogP contribution is -2.45. The summed E-state index contributed by atoms with van der Waals surface area (Å²) in [6, 6.07) is 13.7. The average molecular weight is 389 g/mol. The number of benzene rings is 2. The third-order valence-corrected chi connectivity index (χ3v) is 6.48. The lowest BCUT2D eigenvalue weighted by molar-refractivity contribution is -0.387. The van der Waals surface area contributed by atoms with E-state index in [1.165, 1.54) is 35.4 Å². The van der Waals surface area contributed by atoms with Crippen LogP contribution < -0.4 is 4.72 Å². The quantitative estimate of drug-likeness (QED) is 0.581. The van der Waals surface area contributed by atoms with Gasteiger partial charge < -0.3 is 0 Å². The van der Waals surface area contributed by atoms with Crippen LogP contribution in [0.15, 0.2) is 53.4 Å². The third kappa shape index (κ3) is 4.35. The average Bonchev–Trinajstić information content (AvgIpc) is 2.68. The predicted octanol–water partition coefficient (Wildman–Crippen LogP) is 2.71. The molecule has 0 amide bonds. The van der Waals surface area contributed by atoms with Gasteiger partial charge >= 0.3 is 0 Å².